The Morgan fingerprint density at radius 1 is 1.40 bits per heavy atom. The van der Waals surface area contributed by atoms with Crippen molar-refractivity contribution in [1.82, 2.24) is 0 Å². The summed E-state index contributed by atoms with van der Waals surface area (Å²) in [5.41, 5.74) is 0.122. The largest absolute Gasteiger partial charge is 0.358 e. The molecule has 0 aromatic carbocycles. The third-order valence-corrected chi connectivity index (χ3v) is 4.11. The molecule has 1 unspecified atom stereocenters. The Morgan fingerprint density at radius 3 is 2.47 bits per heavy atom. The van der Waals surface area contributed by atoms with Crippen molar-refractivity contribution in [1.29, 1.82) is 0 Å². The number of hydrogen-bond donors (Lipinski definition) is 0. The van der Waals surface area contributed by atoms with Gasteiger partial charge in [-0.25, -0.2) is 8.42 Å². The van der Waals surface area contributed by atoms with Gasteiger partial charge in [-0.05, 0) is 20.3 Å². The summed E-state index contributed by atoms with van der Waals surface area (Å²) in [6.45, 7) is 9.43. The Morgan fingerprint density at radius 2 is 2.00 bits per heavy atom. The summed E-state index contributed by atoms with van der Waals surface area (Å²) in [6.07, 6.45) is 2.70. The van der Waals surface area contributed by atoms with Gasteiger partial charge in [0, 0.05) is 0 Å². The van der Waals surface area contributed by atoms with Gasteiger partial charge in [-0.1, -0.05) is 31.9 Å². The second kappa shape index (κ2) is 7.01. The zero-order valence-electron chi connectivity index (χ0n) is 9.95. The van der Waals surface area contributed by atoms with Crippen molar-refractivity contribution in [3.05, 3.63) is 12.2 Å². The van der Waals surface area contributed by atoms with Gasteiger partial charge >= 0.3 is 0 Å². The highest BCUT2D eigenvalue weighted by Crippen LogP contribution is 2.08. The standard InChI is InChI=1S/C11H22O3S/c1-5-6-7-8-15(12,13)11(4)14-9-10(2)3/h11H,2,5-9H2,1,3-4H3. The van der Waals surface area contributed by atoms with Crippen LogP contribution in [0.15, 0.2) is 12.2 Å². The molecule has 0 aliphatic carbocycles. The highest BCUT2D eigenvalue weighted by atomic mass is 32.2. The van der Waals surface area contributed by atoms with Crippen LogP contribution in [0.25, 0.3) is 0 Å². The van der Waals surface area contributed by atoms with Gasteiger partial charge in [0.1, 0.15) is 0 Å². The molecule has 0 amide bonds. The smallest absolute Gasteiger partial charge is 0.176 e. The molecule has 0 aliphatic heterocycles. The van der Waals surface area contributed by atoms with Crippen LogP contribution in [-0.4, -0.2) is 26.2 Å². The van der Waals surface area contributed by atoms with E-state index in [1.807, 2.05) is 13.8 Å². The minimum absolute atomic E-state index is 0.220. The van der Waals surface area contributed by atoms with Crippen LogP contribution in [0.5, 0.6) is 0 Å². The third kappa shape index (κ3) is 6.68. The van der Waals surface area contributed by atoms with E-state index in [-0.39, 0.29) is 5.75 Å². The van der Waals surface area contributed by atoms with Crippen molar-refractivity contribution in [3.63, 3.8) is 0 Å². The van der Waals surface area contributed by atoms with Crippen molar-refractivity contribution >= 4 is 9.84 Å². The Kier molecular flexibility index (Phi) is 6.85. The van der Waals surface area contributed by atoms with Gasteiger partial charge in [-0.15, -0.1) is 0 Å². The molecular formula is C11H22O3S. The van der Waals surface area contributed by atoms with E-state index in [1.54, 1.807) is 6.92 Å². The van der Waals surface area contributed by atoms with Crippen LogP contribution in [0.2, 0.25) is 0 Å². The molecule has 0 aromatic rings. The quantitative estimate of drug-likeness (QED) is 0.479. The van der Waals surface area contributed by atoms with E-state index in [4.69, 9.17) is 4.74 Å². The first-order valence-corrected chi connectivity index (χ1v) is 7.09. The Bertz CT molecular complexity index is 280. The van der Waals surface area contributed by atoms with E-state index in [0.29, 0.717) is 6.61 Å². The second-order valence-corrected chi connectivity index (χ2v) is 6.31. The van der Waals surface area contributed by atoms with Crippen molar-refractivity contribution in [3.8, 4) is 0 Å². The van der Waals surface area contributed by atoms with Gasteiger partial charge in [0.15, 0.2) is 15.3 Å². The summed E-state index contributed by atoms with van der Waals surface area (Å²) in [5, 5.41) is 0. The maximum Gasteiger partial charge on any atom is 0.176 e. The SMILES string of the molecule is C=C(C)COC(C)S(=O)(=O)CCCCC. The number of sulfone groups is 1. The van der Waals surface area contributed by atoms with E-state index in [1.165, 1.54) is 0 Å². The number of unbranched alkanes of at least 4 members (excludes halogenated alkanes) is 2. The van der Waals surface area contributed by atoms with Crippen LogP contribution in [-0.2, 0) is 14.6 Å². The molecule has 0 saturated heterocycles. The molecule has 0 radical (unpaired) electrons. The van der Waals surface area contributed by atoms with E-state index in [0.717, 1.165) is 24.8 Å². The van der Waals surface area contributed by atoms with E-state index in [9.17, 15) is 8.42 Å². The molecule has 0 aromatic heterocycles. The van der Waals surface area contributed by atoms with Crippen LogP contribution >= 0.6 is 0 Å². The maximum absolute atomic E-state index is 11.7. The monoisotopic (exact) mass is 234 g/mol. The molecule has 0 rings (SSSR count). The van der Waals surface area contributed by atoms with Crippen LogP contribution in [0.3, 0.4) is 0 Å². The molecule has 4 heteroatoms. The van der Waals surface area contributed by atoms with Crippen molar-refractivity contribution < 1.29 is 13.2 Å². The summed E-state index contributed by atoms with van der Waals surface area (Å²) in [7, 11) is -3.09. The fourth-order valence-electron chi connectivity index (χ4n) is 1.08. The molecule has 1 atom stereocenters. The zero-order valence-corrected chi connectivity index (χ0v) is 10.8. The summed E-state index contributed by atoms with van der Waals surface area (Å²) in [5.74, 6) is 0.220. The highest BCUT2D eigenvalue weighted by Gasteiger charge is 2.20. The van der Waals surface area contributed by atoms with Crippen LogP contribution in [0.1, 0.15) is 40.0 Å². The summed E-state index contributed by atoms with van der Waals surface area (Å²) < 4.78 is 28.5. The van der Waals surface area contributed by atoms with Gasteiger partial charge in [0.25, 0.3) is 0 Å². The molecule has 0 fully saturated rings. The van der Waals surface area contributed by atoms with E-state index >= 15 is 0 Å². The number of ether oxygens (including phenoxy) is 1. The third-order valence-electron chi connectivity index (χ3n) is 2.10. The summed E-state index contributed by atoms with van der Waals surface area (Å²) in [4.78, 5) is 0. The van der Waals surface area contributed by atoms with Gasteiger partial charge < -0.3 is 4.74 Å². The molecule has 0 heterocycles. The first kappa shape index (κ1) is 14.6. The van der Waals surface area contributed by atoms with Crippen LogP contribution in [0.4, 0.5) is 0 Å². The number of hydrogen-bond acceptors (Lipinski definition) is 3. The van der Waals surface area contributed by atoms with Gasteiger partial charge in [-0.2, -0.15) is 0 Å². The summed E-state index contributed by atoms with van der Waals surface area (Å²) in [6, 6.07) is 0. The minimum atomic E-state index is -3.09. The first-order valence-electron chi connectivity index (χ1n) is 5.37. The molecule has 0 bridgehead atoms. The average Bonchev–Trinajstić information content (AvgIpc) is 2.14. The molecule has 0 saturated carbocycles. The highest BCUT2D eigenvalue weighted by molar-refractivity contribution is 7.91. The fraction of sp³-hybridized carbons (Fsp3) is 0.818. The lowest BCUT2D eigenvalue weighted by Crippen LogP contribution is -2.24. The summed E-state index contributed by atoms with van der Waals surface area (Å²) >= 11 is 0. The normalized spacial score (nSPS) is 13.8. The van der Waals surface area contributed by atoms with Gasteiger partial charge in [0.05, 0.1) is 12.4 Å². The zero-order chi connectivity index (χ0) is 11.9. The second-order valence-electron chi connectivity index (χ2n) is 3.91. The Balaban J connectivity index is 4.03. The van der Waals surface area contributed by atoms with Crippen LogP contribution < -0.4 is 0 Å². The van der Waals surface area contributed by atoms with Crippen molar-refractivity contribution in [2.75, 3.05) is 12.4 Å². The molecular weight excluding hydrogens is 212 g/mol. The lowest BCUT2D eigenvalue weighted by atomic mass is 10.3. The lowest BCUT2D eigenvalue weighted by molar-refractivity contribution is 0.138. The van der Waals surface area contributed by atoms with E-state index in [2.05, 4.69) is 6.58 Å². The first-order chi connectivity index (χ1) is 6.90. The van der Waals surface area contributed by atoms with Crippen LogP contribution in [0, 0.1) is 0 Å². The van der Waals surface area contributed by atoms with E-state index < -0.39 is 15.3 Å². The average molecular weight is 234 g/mol. The lowest BCUT2D eigenvalue weighted by Gasteiger charge is -2.13. The predicted molar refractivity (Wildman–Crippen MR) is 63.5 cm³/mol. The fourth-order valence-corrected chi connectivity index (χ4v) is 2.30. The van der Waals surface area contributed by atoms with Crippen molar-refractivity contribution in [2.24, 2.45) is 0 Å². The molecule has 0 spiro atoms. The van der Waals surface area contributed by atoms with Crippen molar-refractivity contribution in [2.45, 2.75) is 45.5 Å². The molecule has 0 aliphatic rings. The maximum atomic E-state index is 11.7. The molecule has 0 N–H and O–H groups in total. The predicted octanol–water partition coefficient (Wildman–Crippen LogP) is 2.53. The molecule has 90 valence electrons. The van der Waals surface area contributed by atoms with Gasteiger partial charge in [-0.3, -0.25) is 0 Å². The number of rotatable bonds is 8. The molecule has 3 nitrogen and oxygen atoms in total. The topological polar surface area (TPSA) is 43.4 Å². The Hall–Kier alpha value is -0.350. The van der Waals surface area contributed by atoms with Gasteiger partial charge in [0.2, 0.25) is 0 Å². The Labute approximate surface area is 93.4 Å². The molecule has 15 heavy (non-hydrogen) atoms. The minimum Gasteiger partial charge on any atom is -0.358 e.